The third-order valence-electron chi connectivity index (χ3n) is 6.14. The van der Waals surface area contributed by atoms with Crippen LogP contribution in [0.5, 0.6) is 11.5 Å². The number of fused-ring (bicyclic) bond motifs is 2. The molecule has 2 N–H and O–H groups in total. The van der Waals surface area contributed by atoms with Gasteiger partial charge in [-0.1, -0.05) is 24.6 Å². The Balaban J connectivity index is 1.54. The van der Waals surface area contributed by atoms with E-state index in [4.69, 9.17) is 9.47 Å². The Hall–Kier alpha value is -3.02. The van der Waals surface area contributed by atoms with Crippen molar-refractivity contribution >= 4 is 23.2 Å². The number of hydrogen-bond donors (Lipinski definition) is 2. The van der Waals surface area contributed by atoms with Crippen LogP contribution in [0.4, 0.5) is 11.4 Å². The summed E-state index contributed by atoms with van der Waals surface area (Å²) in [4.78, 5) is 25.4. The zero-order valence-corrected chi connectivity index (χ0v) is 16.7. The Bertz CT molecular complexity index is 913. The topological polar surface area (TPSA) is 76.7 Å². The highest BCUT2D eigenvalue weighted by Crippen LogP contribution is 2.49. The van der Waals surface area contributed by atoms with Crippen LogP contribution in [0.25, 0.3) is 0 Å². The standard InChI is InChI=1S/C23H26N2O4/c1-28-20-13-19(25-23(27)17-11-14-8-9-16(17)10-14)21(29-2)12-18(20)24-22(26)15-6-4-3-5-7-15/h3-7,12-14,16-17H,8-11H2,1-2H3,(H,24,26)(H,25,27). The molecular formula is C23H26N2O4. The minimum absolute atomic E-state index is 0.0404. The summed E-state index contributed by atoms with van der Waals surface area (Å²) >= 11 is 0. The molecular weight excluding hydrogens is 368 g/mol. The number of hydrogen-bond acceptors (Lipinski definition) is 4. The van der Waals surface area contributed by atoms with E-state index in [2.05, 4.69) is 10.6 Å². The Morgan fingerprint density at radius 1 is 0.897 bits per heavy atom. The molecule has 0 heterocycles. The van der Waals surface area contributed by atoms with Crippen molar-refractivity contribution in [2.45, 2.75) is 25.7 Å². The normalized spacial score (nSPS) is 22.2. The number of carbonyl (C=O) groups excluding carboxylic acids is 2. The second-order valence-electron chi connectivity index (χ2n) is 7.84. The van der Waals surface area contributed by atoms with Crippen molar-refractivity contribution in [2.75, 3.05) is 24.9 Å². The van der Waals surface area contributed by atoms with Crippen LogP contribution in [0.1, 0.15) is 36.0 Å². The van der Waals surface area contributed by atoms with Gasteiger partial charge in [0.05, 0.1) is 25.6 Å². The van der Waals surface area contributed by atoms with Gasteiger partial charge in [-0.2, -0.15) is 0 Å². The summed E-state index contributed by atoms with van der Waals surface area (Å²) in [5, 5.41) is 5.87. The Kier molecular flexibility index (Phi) is 5.43. The summed E-state index contributed by atoms with van der Waals surface area (Å²) in [6, 6.07) is 12.3. The number of benzene rings is 2. The van der Waals surface area contributed by atoms with Crippen molar-refractivity contribution < 1.29 is 19.1 Å². The maximum Gasteiger partial charge on any atom is 0.255 e. The average Bonchev–Trinajstić information content (AvgIpc) is 3.38. The van der Waals surface area contributed by atoms with Gasteiger partial charge in [-0.3, -0.25) is 9.59 Å². The second kappa shape index (κ2) is 8.15. The van der Waals surface area contributed by atoms with E-state index >= 15 is 0 Å². The maximum absolute atomic E-state index is 12.8. The highest BCUT2D eigenvalue weighted by Gasteiger charge is 2.43. The van der Waals surface area contributed by atoms with Gasteiger partial charge in [0.15, 0.2) is 0 Å². The predicted octanol–water partition coefficient (Wildman–Crippen LogP) is 4.33. The first-order chi connectivity index (χ1) is 14.1. The van der Waals surface area contributed by atoms with Crippen LogP contribution in [0.3, 0.4) is 0 Å². The van der Waals surface area contributed by atoms with Crippen LogP contribution in [0.15, 0.2) is 42.5 Å². The highest BCUT2D eigenvalue weighted by atomic mass is 16.5. The van der Waals surface area contributed by atoms with Gasteiger partial charge in [0.2, 0.25) is 5.91 Å². The minimum atomic E-state index is -0.246. The molecule has 3 unspecified atom stereocenters. The zero-order valence-electron chi connectivity index (χ0n) is 16.7. The lowest BCUT2D eigenvalue weighted by molar-refractivity contribution is -0.121. The molecule has 6 nitrogen and oxygen atoms in total. The van der Waals surface area contributed by atoms with Crippen LogP contribution in [0, 0.1) is 17.8 Å². The van der Waals surface area contributed by atoms with Crippen LogP contribution in [-0.4, -0.2) is 26.0 Å². The largest absolute Gasteiger partial charge is 0.494 e. The summed E-state index contributed by atoms with van der Waals surface area (Å²) < 4.78 is 10.9. The van der Waals surface area contributed by atoms with Gasteiger partial charge in [0.25, 0.3) is 5.91 Å². The molecule has 2 amide bonds. The number of ether oxygens (including phenoxy) is 2. The Morgan fingerprint density at radius 2 is 1.55 bits per heavy atom. The summed E-state index contributed by atoms with van der Waals surface area (Å²) in [6.07, 6.45) is 4.54. The second-order valence-corrected chi connectivity index (χ2v) is 7.84. The molecule has 2 aliphatic carbocycles. The van der Waals surface area contributed by atoms with Crippen molar-refractivity contribution in [3.05, 3.63) is 48.0 Å². The monoisotopic (exact) mass is 394 g/mol. The number of methoxy groups -OCH3 is 2. The molecule has 2 aliphatic rings. The number of anilines is 2. The Morgan fingerprint density at radius 3 is 2.10 bits per heavy atom. The van der Waals surface area contributed by atoms with Gasteiger partial charge < -0.3 is 20.1 Å². The van der Waals surface area contributed by atoms with Gasteiger partial charge in [0, 0.05) is 23.6 Å². The number of carbonyl (C=O) groups is 2. The Labute approximate surface area is 170 Å². The molecule has 2 fully saturated rings. The lowest BCUT2D eigenvalue weighted by Gasteiger charge is -2.22. The predicted molar refractivity (Wildman–Crippen MR) is 112 cm³/mol. The first-order valence-electron chi connectivity index (χ1n) is 10.0. The van der Waals surface area contributed by atoms with Crippen molar-refractivity contribution in [3.8, 4) is 11.5 Å². The van der Waals surface area contributed by atoms with E-state index in [0.717, 1.165) is 12.8 Å². The number of nitrogens with one attached hydrogen (secondary N) is 2. The average molecular weight is 394 g/mol. The molecule has 0 aliphatic heterocycles. The van der Waals surface area contributed by atoms with E-state index < -0.39 is 0 Å². The van der Waals surface area contributed by atoms with Crippen molar-refractivity contribution in [1.29, 1.82) is 0 Å². The summed E-state index contributed by atoms with van der Waals surface area (Å²) in [5.74, 6) is 1.99. The van der Waals surface area contributed by atoms with Gasteiger partial charge >= 0.3 is 0 Å². The zero-order chi connectivity index (χ0) is 20.4. The molecule has 0 spiro atoms. The lowest BCUT2D eigenvalue weighted by atomic mass is 9.88. The molecule has 0 radical (unpaired) electrons. The van der Waals surface area contributed by atoms with E-state index in [-0.39, 0.29) is 17.7 Å². The van der Waals surface area contributed by atoms with Crippen LogP contribution < -0.4 is 20.1 Å². The quantitative estimate of drug-likeness (QED) is 0.765. The third-order valence-corrected chi connectivity index (χ3v) is 6.14. The van der Waals surface area contributed by atoms with Crippen molar-refractivity contribution in [2.24, 2.45) is 17.8 Å². The summed E-state index contributed by atoms with van der Waals surface area (Å²) in [7, 11) is 3.07. The van der Waals surface area contributed by atoms with Crippen LogP contribution >= 0.6 is 0 Å². The molecule has 2 saturated carbocycles. The fourth-order valence-electron chi connectivity index (χ4n) is 4.67. The first-order valence-corrected chi connectivity index (χ1v) is 10.0. The highest BCUT2D eigenvalue weighted by molar-refractivity contribution is 6.05. The first kappa shape index (κ1) is 19.3. The van der Waals surface area contributed by atoms with Crippen LogP contribution in [-0.2, 0) is 4.79 Å². The van der Waals surface area contributed by atoms with Gasteiger partial charge in [-0.15, -0.1) is 0 Å². The lowest BCUT2D eigenvalue weighted by Crippen LogP contribution is -2.27. The molecule has 152 valence electrons. The maximum atomic E-state index is 12.8. The molecule has 2 bridgehead atoms. The summed E-state index contributed by atoms with van der Waals surface area (Å²) in [5.41, 5.74) is 1.58. The molecule has 2 aromatic rings. The summed E-state index contributed by atoms with van der Waals surface area (Å²) in [6.45, 7) is 0. The molecule has 29 heavy (non-hydrogen) atoms. The van der Waals surface area contributed by atoms with Gasteiger partial charge in [-0.25, -0.2) is 0 Å². The van der Waals surface area contributed by atoms with E-state index in [9.17, 15) is 9.59 Å². The molecule has 6 heteroatoms. The van der Waals surface area contributed by atoms with E-state index in [1.165, 1.54) is 27.1 Å². The SMILES string of the molecule is COc1cc(NC(=O)C2CC3CCC2C3)c(OC)cc1NC(=O)c1ccccc1. The van der Waals surface area contributed by atoms with Crippen molar-refractivity contribution in [3.63, 3.8) is 0 Å². The fourth-order valence-corrected chi connectivity index (χ4v) is 4.67. The smallest absolute Gasteiger partial charge is 0.255 e. The van der Waals surface area contributed by atoms with E-state index in [0.29, 0.717) is 40.3 Å². The van der Waals surface area contributed by atoms with E-state index in [1.54, 1.807) is 36.4 Å². The fraction of sp³-hybridized carbons (Fsp3) is 0.391. The molecule has 0 saturated heterocycles. The third kappa shape index (κ3) is 3.92. The number of rotatable bonds is 6. The van der Waals surface area contributed by atoms with E-state index in [1.807, 2.05) is 6.07 Å². The van der Waals surface area contributed by atoms with Gasteiger partial charge in [-0.05, 0) is 43.2 Å². The van der Waals surface area contributed by atoms with Crippen molar-refractivity contribution in [1.82, 2.24) is 0 Å². The number of amides is 2. The molecule has 0 aromatic heterocycles. The van der Waals surface area contributed by atoms with Crippen LogP contribution in [0.2, 0.25) is 0 Å². The molecule has 4 rings (SSSR count). The molecule has 3 atom stereocenters. The van der Waals surface area contributed by atoms with Gasteiger partial charge in [0.1, 0.15) is 11.5 Å². The minimum Gasteiger partial charge on any atom is -0.494 e. The molecule has 2 aromatic carbocycles.